The van der Waals surface area contributed by atoms with Gasteiger partial charge in [0.15, 0.2) is 0 Å². The molecule has 3 rings (SSSR count). The molecule has 0 saturated carbocycles. The molecule has 140 valence electrons. The van der Waals surface area contributed by atoms with E-state index in [9.17, 15) is 14.4 Å². The number of nitrogens with two attached hydrogens (primary N) is 1. The quantitative estimate of drug-likeness (QED) is 0.711. The second-order valence-corrected chi connectivity index (χ2v) is 6.41. The molecule has 0 aliphatic heterocycles. The van der Waals surface area contributed by atoms with Crippen LogP contribution in [0.1, 0.15) is 24.1 Å². The maximum atomic E-state index is 12.7. The summed E-state index contributed by atoms with van der Waals surface area (Å²) in [5.74, 6) is -0.847. The summed E-state index contributed by atoms with van der Waals surface area (Å²) in [6.07, 6.45) is 1.63. The minimum absolute atomic E-state index is 0.137. The maximum Gasteiger partial charge on any atom is 0.259 e. The Kier molecular flexibility index (Phi) is 5.23. The van der Waals surface area contributed by atoms with Gasteiger partial charge in [0.25, 0.3) is 5.56 Å². The molecular weight excluding hydrogens is 356 g/mol. The van der Waals surface area contributed by atoms with Crippen LogP contribution in [0.15, 0.2) is 59.5 Å². The number of primary amides is 1. The molecule has 1 atom stereocenters. The summed E-state index contributed by atoms with van der Waals surface area (Å²) in [5.41, 5.74) is 6.75. The smallest absolute Gasteiger partial charge is 0.259 e. The van der Waals surface area contributed by atoms with Crippen molar-refractivity contribution >= 4 is 28.3 Å². The van der Waals surface area contributed by atoms with Crippen molar-refractivity contribution in [3.63, 3.8) is 0 Å². The van der Waals surface area contributed by atoms with Crippen LogP contribution in [0, 0.1) is 11.3 Å². The van der Waals surface area contributed by atoms with Gasteiger partial charge in [-0.25, -0.2) is 0 Å². The van der Waals surface area contributed by atoms with Crippen molar-refractivity contribution in [1.82, 2.24) is 4.57 Å². The predicted octanol–water partition coefficient (Wildman–Crippen LogP) is 2.10. The Morgan fingerprint density at radius 2 is 1.86 bits per heavy atom. The van der Waals surface area contributed by atoms with Crippen molar-refractivity contribution < 1.29 is 9.59 Å². The van der Waals surface area contributed by atoms with E-state index in [1.54, 1.807) is 55.5 Å². The highest BCUT2D eigenvalue weighted by atomic mass is 16.2. The number of fused-ring (bicyclic) bond motifs is 1. The van der Waals surface area contributed by atoms with Gasteiger partial charge >= 0.3 is 0 Å². The molecule has 0 fully saturated rings. The van der Waals surface area contributed by atoms with E-state index in [0.29, 0.717) is 22.0 Å². The Bertz CT molecular complexity index is 1160. The average Bonchev–Trinajstić information content (AvgIpc) is 2.69. The fourth-order valence-electron chi connectivity index (χ4n) is 2.92. The second kappa shape index (κ2) is 7.76. The van der Waals surface area contributed by atoms with E-state index in [1.165, 1.54) is 10.8 Å². The molecule has 1 heterocycles. The number of rotatable bonds is 5. The van der Waals surface area contributed by atoms with E-state index < -0.39 is 11.9 Å². The number of hydrogen-bond donors (Lipinski definition) is 2. The molecule has 7 heteroatoms. The van der Waals surface area contributed by atoms with Gasteiger partial charge in [-0.3, -0.25) is 14.4 Å². The normalized spacial score (nSPS) is 11.6. The molecule has 2 aromatic carbocycles. The van der Waals surface area contributed by atoms with Crippen LogP contribution in [0.2, 0.25) is 0 Å². The lowest BCUT2D eigenvalue weighted by Crippen LogP contribution is -2.31. The number of aromatic nitrogens is 1. The third-order valence-electron chi connectivity index (χ3n) is 4.52. The van der Waals surface area contributed by atoms with Gasteiger partial charge in [0.1, 0.15) is 6.04 Å². The van der Waals surface area contributed by atoms with Gasteiger partial charge in [0.2, 0.25) is 11.8 Å². The van der Waals surface area contributed by atoms with Crippen molar-refractivity contribution in [3.8, 4) is 6.07 Å². The highest BCUT2D eigenvalue weighted by Crippen LogP contribution is 2.22. The van der Waals surface area contributed by atoms with E-state index in [1.807, 2.05) is 6.07 Å². The van der Waals surface area contributed by atoms with E-state index >= 15 is 0 Å². The van der Waals surface area contributed by atoms with Crippen LogP contribution < -0.4 is 16.6 Å². The number of nitrogens with zero attached hydrogens (tertiary/aromatic N) is 2. The van der Waals surface area contributed by atoms with Gasteiger partial charge in [-0.05, 0) is 42.8 Å². The van der Waals surface area contributed by atoms with Crippen molar-refractivity contribution in [3.05, 3.63) is 76.2 Å². The second-order valence-electron chi connectivity index (χ2n) is 6.41. The van der Waals surface area contributed by atoms with E-state index in [0.717, 1.165) is 5.56 Å². The number of carbonyl (C=O) groups excluding carboxylic acids is 2. The lowest BCUT2D eigenvalue weighted by atomic mass is 10.1. The highest BCUT2D eigenvalue weighted by Gasteiger charge is 2.15. The zero-order chi connectivity index (χ0) is 20.3. The first-order valence-corrected chi connectivity index (χ1v) is 8.63. The molecule has 0 spiro atoms. The molecule has 0 aliphatic carbocycles. The minimum Gasteiger partial charge on any atom is -0.368 e. The van der Waals surface area contributed by atoms with E-state index in [2.05, 4.69) is 5.32 Å². The number of amides is 2. The standard InChI is InChI=1S/C21H18N4O3/c1-13(20(23)27)25-10-9-16-17(21(25)28)3-2-4-18(16)24-19(26)11-14-5-7-15(12-22)8-6-14/h2-10,13H,11H2,1H3,(H2,23,27)(H,24,26). The lowest BCUT2D eigenvalue weighted by molar-refractivity contribution is -0.120. The van der Waals surface area contributed by atoms with Crippen LogP contribution in [0.25, 0.3) is 10.8 Å². The molecule has 2 amide bonds. The molecule has 3 aromatic rings. The molecule has 1 unspecified atom stereocenters. The summed E-state index contributed by atoms with van der Waals surface area (Å²) in [4.78, 5) is 36.5. The Hall–Kier alpha value is -3.92. The number of pyridine rings is 1. The summed E-state index contributed by atoms with van der Waals surface area (Å²) in [6, 6.07) is 14.7. The van der Waals surface area contributed by atoms with Crippen LogP contribution in [-0.4, -0.2) is 16.4 Å². The molecule has 7 nitrogen and oxygen atoms in total. The molecule has 0 saturated heterocycles. The molecule has 0 radical (unpaired) electrons. The fourth-order valence-corrected chi connectivity index (χ4v) is 2.92. The molecule has 28 heavy (non-hydrogen) atoms. The Labute approximate surface area is 161 Å². The first kappa shape index (κ1) is 18.9. The van der Waals surface area contributed by atoms with E-state index in [4.69, 9.17) is 11.0 Å². The van der Waals surface area contributed by atoms with Gasteiger partial charge in [0.05, 0.1) is 18.1 Å². The van der Waals surface area contributed by atoms with Crippen molar-refractivity contribution in [2.75, 3.05) is 5.32 Å². The van der Waals surface area contributed by atoms with Gasteiger partial charge in [0, 0.05) is 22.7 Å². The average molecular weight is 374 g/mol. The zero-order valence-corrected chi connectivity index (χ0v) is 15.2. The number of nitrogens with one attached hydrogen (secondary N) is 1. The van der Waals surface area contributed by atoms with Gasteiger partial charge in [-0.15, -0.1) is 0 Å². The summed E-state index contributed by atoms with van der Waals surface area (Å²) in [6.45, 7) is 1.55. The summed E-state index contributed by atoms with van der Waals surface area (Å²) in [7, 11) is 0. The lowest BCUT2D eigenvalue weighted by Gasteiger charge is -2.14. The Morgan fingerprint density at radius 3 is 2.50 bits per heavy atom. The fraction of sp³-hybridized carbons (Fsp3) is 0.143. The van der Waals surface area contributed by atoms with Crippen LogP contribution in [0.5, 0.6) is 0 Å². The number of hydrogen-bond acceptors (Lipinski definition) is 4. The zero-order valence-electron chi connectivity index (χ0n) is 15.2. The number of nitriles is 1. The minimum atomic E-state index is -0.772. The summed E-state index contributed by atoms with van der Waals surface area (Å²) < 4.78 is 1.27. The number of anilines is 1. The third-order valence-corrected chi connectivity index (χ3v) is 4.52. The van der Waals surface area contributed by atoms with E-state index in [-0.39, 0.29) is 17.9 Å². The summed E-state index contributed by atoms with van der Waals surface area (Å²) >= 11 is 0. The molecule has 1 aromatic heterocycles. The molecule has 0 bridgehead atoms. The first-order valence-electron chi connectivity index (χ1n) is 8.63. The predicted molar refractivity (Wildman–Crippen MR) is 106 cm³/mol. The van der Waals surface area contributed by atoms with Gasteiger partial charge < -0.3 is 15.6 Å². The summed E-state index contributed by atoms with van der Waals surface area (Å²) in [5, 5.41) is 12.6. The molecule has 3 N–H and O–H groups in total. The van der Waals surface area contributed by atoms with Crippen LogP contribution in [-0.2, 0) is 16.0 Å². The SMILES string of the molecule is CC(C(N)=O)n1ccc2c(NC(=O)Cc3ccc(C#N)cc3)cccc2c1=O. The van der Waals surface area contributed by atoms with Crippen molar-refractivity contribution in [1.29, 1.82) is 5.26 Å². The highest BCUT2D eigenvalue weighted by molar-refractivity contribution is 6.02. The molecule has 0 aliphatic rings. The Balaban J connectivity index is 1.88. The number of benzene rings is 2. The Morgan fingerprint density at radius 1 is 1.14 bits per heavy atom. The third kappa shape index (κ3) is 3.76. The van der Waals surface area contributed by atoms with Gasteiger partial charge in [-0.1, -0.05) is 18.2 Å². The maximum absolute atomic E-state index is 12.7. The molecular formula is C21H18N4O3. The van der Waals surface area contributed by atoms with Crippen LogP contribution in [0.3, 0.4) is 0 Å². The van der Waals surface area contributed by atoms with Crippen LogP contribution in [0.4, 0.5) is 5.69 Å². The number of carbonyl (C=O) groups is 2. The largest absolute Gasteiger partial charge is 0.368 e. The monoisotopic (exact) mass is 374 g/mol. The van der Waals surface area contributed by atoms with Gasteiger partial charge in [-0.2, -0.15) is 5.26 Å². The van der Waals surface area contributed by atoms with Crippen molar-refractivity contribution in [2.24, 2.45) is 5.73 Å². The topological polar surface area (TPSA) is 118 Å². The first-order chi connectivity index (χ1) is 13.4. The van der Waals surface area contributed by atoms with Crippen molar-refractivity contribution in [2.45, 2.75) is 19.4 Å². The van der Waals surface area contributed by atoms with Crippen LogP contribution >= 0.6 is 0 Å².